The molecule has 4 aliphatic rings. The van der Waals surface area contributed by atoms with E-state index in [1.807, 2.05) is 0 Å². The van der Waals surface area contributed by atoms with E-state index in [-0.39, 0.29) is 40.7 Å². The first kappa shape index (κ1) is 17.0. The molecule has 2 N–H and O–H groups in total. The van der Waals surface area contributed by atoms with Crippen LogP contribution in [0.5, 0.6) is 0 Å². The smallest absolute Gasteiger partial charge is 0.219 e. The monoisotopic (exact) mass is 344 g/mol. The van der Waals surface area contributed by atoms with Crippen molar-refractivity contribution < 1.29 is 19.8 Å². The number of allylic oxidation sites excluding steroid dienone is 3. The fourth-order valence-electron chi connectivity index (χ4n) is 6.92. The van der Waals surface area contributed by atoms with E-state index in [1.54, 1.807) is 12.2 Å². The Hall–Kier alpha value is -1.42. The molecule has 4 heteroatoms. The van der Waals surface area contributed by atoms with Crippen molar-refractivity contribution in [1.29, 1.82) is 0 Å². The highest BCUT2D eigenvalue weighted by molar-refractivity contribution is 6.04. The van der Waals surface area contributed by atoms with Crippen molar-refractivity contribution in [2.45, 2.75) is 52.4 Å². The number of hydrogen-bond acceptors (Lipinski definition) is 4. The predicted molar refractivity (Wildman–Crippen MR) is 93.8 cm³/mol. The van der Waals surface area contributed by atoms with Crippen molar-refractivity contribution in [2.75, 3.05) is 6.61 Å². The van der Waals surface area contributed by atoms with Crippen LogP contribution >= 0.6 is 0 Å². The molecule has 0 saturated heterocycles. The highest BCUT2D eigenvalue weighted by atomic mass is 16.3. The summed E-state index contributed by atoms with van der Waals surface area (Å²) < 4.78 is 0. The van der Waals surface area contributed by atoms with Crippen LogP contribution in [0.4, 0.5) is 0 Å². The molecule has 0 bridgehead atoms. The molecule has 4 aliphatic carbocycles. The Morgan fingerprint density at radius 2 is 1.96 bits per heavy atom. The van der Waals surface area contributed by atoms with Gasteiger partial charge in [0, 0.05) is 11.3 Å². The first-order chi connectivity index (χ1) is 11.8. The molecule has 3 fully saturated rings. The summed E-state index contributed by atoms with van der Waals surface area (Å²) >= 11 is 0. The number of carbonyl (C=O) groups excluding carboxylic acids is 2. The molecule has 6 atom stereocenters. The van der Waals surface area contributed by atoms with Crippen LogP contribution in [0.3, 0.4) is 0 Å². The van der Waals surface area contributed by atoms with Crippen LogP contribution in [0.25, 0.3) is 0 Å². The molecule has 0 spiro atoms. The van der Waals surface area contributed by atoms with E-state index < -0.39 is 0 Å². The summed E-state index contributed by atoms with van der Waals surface area (Å²) in [5.41, 5.74) is 0.928. The molecule has 4 rings (SSSR count). The molecule has 0 heterocycles. The molecule has 0 amide bonds. The minimum Gasteiger partial charge on any atom is -0.504 e. The third-order valence-corrected chi connectivity index (χ3v) is 8.19. The van der Waals surface area contributed by atoms with Crippen molar-refractivity contribution in [3.05, 3.63) is 23.5 Å². The van der Waals surface area contributed by atoms with Crippen molar-refractivity contribution in [1.82, 2.24) is 0 Å². The summed E-state index contributed by atoms with van der Waals surface area (Å²) in [6.07, 6.45) is 9.37. The van der Waals surface area contributed by atoms with Gasteiger partial charge in [-0.25, -0.2) is 0 Å². The van der Waals surface area contributed by atoms with E-state index >= 15 is 0 Å². The van der Waals surface area contributed by atoms with Gasteiger partial charge >= 0.3 is 0 Å². The summed E-state index contributed by atoms with van der Waals surface area (Å²) in [5, 5.41) is 19.4. The van der Waals surface area contributed by atoms with Crippen LogP contribution in [0.1, 0.15) is 52.4 Å². The SMILES string of the molecule is C[C@]12CC[C@H]3[C@@H](CCC4=CC(=O)C(O)=C[C@@]43C)[C@@H]1CC[C@@H]2C(=O)CO. The molecule has 3 saturated carbocycles. The topological polar surface area (TPSA) is 74.6 Å². The van der Waals surface area contributed by atoms with Gasteiger partial charge in [0.05, 0.1) is 0 Å². The summed E-state index contributed by atoms with van der Waals surface area (Å²) in [4.78, 5) is 24.1. The van der Waals surface area contributed by atoms with Gasteiger partial charge in [0.2, 0.25) is 5.78 Å². The lowest BCUT2D eigenvalue weighted by Gasteiger charge is -2.56. The van der Waals surface area contributed by atoms with Crippen molar-refractivity contribution >= 4 is 11.6 Å². The second-order valence-corrected chi connectivity index (χ2v) is 9.06. The van der Waals surface area contributed by atoms with E-state index in [2.05, 4.69) is 13.8 Å². The standard InChI is InChI=1S/C21H28O4/c1-20-8-7-15-13(14(20)5-6-16(20)19(25)11-22)4-3-12-9-17(23)18(24)10-21(12,15)2/h9-10,13-16,22,24H,3-8,11H2,1-2H3/t13-,14-,15-,16+,20-,21-/m0/s1. The van der Waals surface area contributed by atoms with Gasteiger partial charge < -0.3 is 10.2 Å². The molecule has 25 heavy (non-hydrogen) atoms. The zero-order valence-electron chi connectivity index (χ0n) is 15.1. The van der Waals surface area contributed by atoms with E-state index in [4.69, 9.17) is 0 Å². The maximum Gasteiger partial charge on any atom is 0.219 e. The van der Waals surface area contributed by atoms with Crippen LogP contribution in [0.2, 0.25) is 0 Å². The minimum absolute atomic E-state index is 0.00516. The highest BCUT2D eigenvalue weighted by Gasteiger charge is 2.59. The van der Waals surface area contributed by atoms with Crippen molar-refractivity contribution in [3.63, 3.8) is 0 Å². The van der Waals surface area contributed by atoms with Crippen LogP contribution < -0.4 is 0 Å². The molecular formula is C21H28O4. The quantitative estimate of drug-likeness (QED) is 0.805. The number of aliphatic hydroxyl groups excluding tert-OH is 2. The van der Waals surface area contributed by atoms with E-state index in [0.717, 1.165) is 38.5 Å². The molecular weight excluding hydrogens is 316 g/mol. The Labute approximate surface area is 149 Å². The van der Waals surface area contributed by atoms with Crippen LogP contribution in [-0.2, 0) is 9.59 Å². The molecule has 0 aromatic rings. The minimum atomic E-state index is -0.343. The summed E-state index contributed by atoms with van der Waals surface area (Å²) in [5.74, 6) is 1.06. The predicted octanol–water partition coefficient (Wildman–Crippen LogP) is 3.36. The second kappa shape index (κ2) is 5.54. The number of hydrogen-bond donors (Lipinski definition) is 2. The molecule has 0 unspecified atom stereocenters. The number of rotatable bonds is 2. The van der Waals surface area contributed by atoms with E-state index in [1.165, 1.54) is 5.57 Å². The third kappa shape index (κ3) is 2.22. The first-order valence-electron chi connectivity index (χ1n) is 9.62. The largest absolute Gasteiger partial charge is 0.504 e. The first-order valence-corrected chi connectivity index (χ1v) is 9.62. The maximum atomic E-state index is 12.3. The Balaban J connectivity index is 1.68. The fraction of sp³-hybridized carbons (Fsp3) is 0.714. The molecule has 4 nitrogen and oxygen atoms in total. The van der Waals surface area contributed by atoms with Gasteiger partial charge in [0.1, 0.15) is 6.61 Å². The zero-order valence-corrected chi connectivity index (χ0v) is 15.1. The van der Waals surface area contributed by atoms with Gasteiger partial charge in [-0.2, -0.15) is 0 Å². The number of Topliss-reactive ketones (excluding diaryl/α,β-unsaturated/α-hetero) is 1. The lowest BCUT2D eigenvalue weighted by Crippen LogP contribution is -2.50. The number of carbonyl (C=O) groups is 2. The molecule has 0 radical (unpaired) electrons. The Bertz CT molecular complexity index is 690. The van der Waals surface area contributed by atoms with Gasteiger partial charge in [-0.1, -0.05) is 19.4 Å². The lowest BCUT2D eigenvalue weighted by atomic mass is 9.47. The number of aliphatic hydroxyl groups is 2. The van der Waals surface area contributed by atoms with E-state index in [9.17, 15) is 19.8 Å². The Morgan fingerprint density at radius 3 is 2.68 bits per heavy atom. The van der Waals surface area contributed by atoms with Gasteiger partial charge in [-0.05, 0) is 73.8 Å². The highest BCUT2D eigenvalue weighted by Crippen LogP contribution is 2.66. The summed E-state index contributed by atoms with van der Waals surface area (Å²) in [6, 6.07) is 0. The summed E-state index contributed by atoms with van der Waals surface area (Å²) in [7, 11) is 0. The Kier molecular flexibility index (Phi) is 3.77. The van der Waals surface area contributed by atoms with Crippen LogP contribution in [0, 0.1) is 34.5 Å². The second-order valence-electron chi connectivity index (χ2n) is 9.06. The number of fused-ring (bicyclic) bond motifs is 5. The van der Waals surface area contributed by atoms with Gasteiger partial charge in [-0.3, -0.25) is 9.59 Å². The average molecular weight is 344 g/mol. The zero-order chi connectivity index (χ0) is 18.0. The van der Waals surface area contributed by atoms with E-state index in [0.29, 0.717) is 17.8 Å². The molecule has 0 aromatic heterocycles. The van der Waals surface area contributed by atoms with Gasteiger partial charge in [0.15, 0.2) is 11.5 Å². The lowest BCUT2D eigenvalue weighted by molar-refractivity contribution is -0.132. The molecule has 0 aromatic carbocycles. The maximum absolute atomic E-state index is 12.3. The normalized spacial score (nSPS) is 45.8. The van der Waals surface area contributed by atoms with Crippen LogP contribution in [-0.4, -0.2) is 28.4 Å². The average Bonchev–Trinajstić information content (AvgIpc) is 2.93. The van der Waals surface area contributed by atoms with Crippen LogP contribution in [0.15, 0.2) is 23.5 Å². The van der Waals surface area contributed by atoms with Crippen molar-refractivity contribution in [3.8, 4) is 0 Å². The third-order valence-electron chi connectivity index (χ3n) is 8.19. The van der Waals surface area contributed by atoms with Crippen molar-refractivity contribution in [2.24, 2.45) is 34.5 Å². The Morgan fingerprint density at radius 1 is 1.20 bits per heavy atom. The molecule has 0 aliphatic heterocycles. The fourth-order valence-corrected chi connectivity index (χ4v) is 6.92. The molecule has 136 valence electrons. The summed E-state index contributed by atoms with van der Waals surface area (Å²) in [6.45, 7) is 4.08. The number of ketones is 2. The van der Waals surface area contributed by atoms with Gasteiger partial charge in [0.25, 0.3) is 0 Å². The van der Waals surface area contributed by atoms with Gasteiger partial charge in [-0.15, -0.1) is 0 Å².